The van der Waals surface area contributed by atoms with Gasteiger partial charge in [-0.2, -0.15) is 0 Å². The number of nitro groups is 1. The van der Waals surface area contributed by atoms with Gasteiger partial charge in [-0.05, 0) is 6.92 Å². The SMILES string of the molecule is Cc1nc(OC(F)(F)F)cc([N+](=O)[O-])c1CCl. The highest BCUT2D eigenvalue weighted by Gasteiger charge is 2.33. The van der Waals surface area contributed by atoms with Crippen molar-refractivity contribution in [2.45, 2.75) is 19.2 Å². The highest BCUT2D eigenvalue weighted by Crippen LogP contribution is 2.29. The van der Waals surface area contributed by atoms with Crippen LogP contribution in [0.25, 0.3) is 0 Å². The lowest BCUT2D eigenvalue weighted by Gasteiger charge is -2.10. The molecule has 1 rings (SSSR count). The van der Waals surface area contributed by atoms with Crippen LogP contribution in [0.5, 0.6) is 5.88 Å². The number of aromatic nitrogens is 1. The first-order valence-corrected chi connectivity index (χ1v) is 4.74. The van der Waals surface area contributed by atoms with E-state index < -0.39 is 22.9 Å². The smallest absolute Gasteiger partial charge is 0.388 e. The number of hydrogen-bond acceptors (Lipinski definition) is 4. The fraction of sp³-hybridized carbons (Fsp3) is 0.375. The Balaban J connectivity index is 3.25. The van der Waals surface area contributed by atoms with E-state index in [2.05, 4.69) is 9.72 Å². The van der Waals surface area contributed by atoms with Crippen molar-refractivity contribution in [3.63, 3.8) is 0 Å². The zero-order valence-electron chi connectivity index (χ0n) is 8.42. The lowest BCUT2D eigenvalue weighted by molar-refractivity contribution is -0.385. The van der Waals surface area contributed by atoms with Crippen molar-refractivity contribution in [1.29, 1.82) is 0 Å². The van der Waals surface area contributed by atoms with Crippen LogP contribution in [0.2, 0.25) is 0 Å². The van der Waals surface area contributed by atoms with E-state index in [1.54, 1.807) is 0 Å². The summed E-state index contributed by atoms with van der Waals surface area (Å²) in [5.74, 6) is -1.10. The second-order valence-corrected chi connectivity index (χ2v) is 3.25. The molecular weight excluding hydrogens is 265 g/mol. The highest BCUT2D eigenvalue weighted by atomic mass is 35.5. The zero-order chi connectivity index (χ0) is 13.2. The largest absolute Gasteiger partial charge is 0.574 e. The Bertz CT molecular complexity index is 450. The van der Waals surface area contributed by atoms with E-state index in [-0.39, 0.29) is 17.1 Å². The second-order valence-electron chi connectivity index (χ2n) is 2.98. The van der Waals surface area contributed by atoms with Gasteiger partial charge in [0.05, 0.1) is 28.1 Å². The van der Waals surface area contributed by atoms with Crippen LogP contribution in [0.15, 0.2) is 6.07 Å². The number of hydrogen-bond donors (Lipinski definition) is 0. The Morgan fingerprint density at radius 1 is 1.59 bits per heavy atom. The van der Waals surface area contributed by atoms with Crippen LogP contribution >= 0.6 is 11.6 Å². The topological polar surface area (TPSA) is 65.3 Å². The van der Waals surface area contributed by atoms with Crippen LogP contribution in [0.4, 0.5) is 18.9 Å². The minimum Gasteiger partial charge on any atom is -0.388 e. The average Bonchev–Trinajstić information content (AvgIpc) is 2.13. The molecular formula is C8H6ClF3N2O3. The maximum Gasteiger partial charge on any atom is 0.574 e. The van der Waals surface area contributed by atoms with Crippen molar-refractivity contribution in [3.8, 4) is 5.88 Å². The van der Waals surface area contributed by atoms with E-state index >= 15 is 0 Å². The molecule has 0 radical (unpaired) electrons. The minimum absolute atomic E-state index is 0.0217. The van der Waals surface area contributed by atoms with Crippen molar-refractivity contribution in [2.75, 3.05) is 0 Å². The van der Waals surface area contributed by atoms with E-state index in [4.69, 9.17) is 11.6 Å². The number of nitrogens with zero attached hydrogens (tertiary/aromatic N) is 2. The normalized spacial score (nSPS) is 11.4. The molecule has 1 heterocycles. The molecule has 0 saturated carbocycles. The van der Waals surface area contributed by atoms with Crippen LogP contribution in [-0.4, -0.2) is 16.3 Å². The molecule has 1 aromatic heterocycles. The standard InChI is InChI=1S/C8H6ClF3N2O3/c1-4-5(3-9)6(14(15)16)2-7(13-4)17-8(10,11)12/h2H,3H2,1H3. The molecule has 0 aliphatic rings. The summed E-state index contributed by atoms with van der Waals surface area (Å²) in [6, 6.07) is 0.595. The van der Waals surface area contributed by atoms with Gasteiger partial charge in [0.25, 0.3) is 5.69 Å². The van der Waals surface area contributed by atoms with Gasteiger partial charge in [-0.3, -0.25) is 10.1 Å². The molecule has 0 bridgehead atoms. The van der Waals surface area contributed by atoms with E-state index in [1.165, 1.54) is 6.92 Å². The lowest BCUT2D eigenvalue weighted by atomic mass is 10.2. The molecule has 0 aliphatic heterocycles. The van der Waals surface area contributed by atoms with Gasteiger partial charge in [0.15, 0.2) is 0 Å². The molecule has 0 saturated heterocycles. The van der Waals surface area contributed by atoms with Gasteiger partial charge >= 0.3 is 6.36 Å². The van der Waals surface area contributed by atoms with E-state index in [0.29, 0.717) is 6.07 Å². The molecule has 17 heavy (non-hydrogen) atoms. The second kappa shape index (κ2) is 4.74. The summed E-state index contributed by atoms with van der Waals surface area (Å²) in [5, 5.41) is 10.6. The number of alkyl halides is 4. The Kier molecular flexibility index (Phi) is 3.76. The molecule has 0 unspecified atom stereocenters. The quantitative estimate of drug-likeness (QED) is 0.481. The van der Waals surface area contributed by atoms with Crippen LogP contribution < -0.4 is 4.74 Å². The Morgan fingerprint density at radius 2 is 2.18 bits per heavy atom. The van der Waals surface area contributed by atoms with Gasteiger partial charge in [0.2, 0.25) is 5.88 Å². The number of pyridine rings is 1. The third kappa shape index (κ3) is 3.45. The molecule has 0 aromatic carbocycles. The highest BCUT2D eigenvalue weighted by molar-refractivity contribution is 6.17. The summed E-state index contributed by atoms with van der Waals surface area (Å²) >= 11 is 5.46. The molecule has 1 aromatic rings. The fourth-order valence-electron chi connectivity index (χ4n) is 1.15. The predicted octanol–water partition coefficient (Wildman–Crippen LogP) is 2.94. The lowest BCUT2D eigenvalue weighted by Crippen LogP contribution is -2.18. The van der Waals surface area contributed by atoms with Crippen LogP contribution in [0.1, 0.15) is 11.3 Å². The van der Waals surface area contributed by atoms with Crippen molar-refractivity contribution in [3.05, 3.63) is 27.4 Å². The van der Waals surface area contributed by atoms with Gasteiger partial charge in [0, 0.05) is 0 Å². The molecule has 9 heteroatoms. The van der Waals surface area contributed by atoms with Gasteiger partial charge in [-0.15, -0.1) is 24.8 Å². The molecule has 94 valence electrons. The Labute approximate surface area is 98.3 Å². The first-order valence-electron chi connectivity index (χ1n) is 4.21. The van der Waals surface area contributed by atoms with Gasteiger partial charge in [-0.25, -0.2) is 4.98 Å². The molecule has 5 nitrogen and oxygen atoms in total. The van der Waals surface area contributed by atoms with Crippen LogP contribution in [0.3, 0.4) is 0 Å². The zero-order valence-corrected chi connectivity index (χ0v) is 9.17. The van der Waals surface area contributed by atoms with Crippen LogP contribution in [0, 0.1) is 17.0 Å². The van der Waals surface area contributed by atoms with E-state index in [0.717, 1.165) is 0 Å². The number of ether oxygens (including phenoxy) is 1. The van der Waals surface area contributed by atoms with Crippen molar-refractivity contribution in [2.24, 2.45) is 0 Å². The number of rotatable bonds is 3. The van der Waals surface area contributed by atoms with Crippen LogP contribution in [-0.2, 0) is 5.88 Å². The van der Waals surface area contributed by atoms with Gasteiger partial charge in [0.1, 0.15) is 0 Å². The molecule has 0 fully saturated rings. The number of aryl methyl sites for hydroxylation is 1. The van der Waals surface area contributed by atoms with Gasteiger partial charge in [-0.1, -0.05) is 0 Å². The summed E-state index contributed by atoms with van der Waals surface area (Å²) in [6.07, 6.45) is -4.95. The Morgan fingerprint density at radius 3 is 2.59 bits per heavy atom. The minimum atomic E-state index is -4.95. The summed E-state index contributed by atoms with van der Waals surface area (Å²) in [4.78, 5) is 13.2. The van der Waals surface area contributed by atoms with Gasteiger partial charge < -0.3 is 4.74 Å². The summed E-state index contributed by atoms with van der Waals surface area (Å²) in [7, 11) is 0. The molecule has 0 aliphatic carbocycles. The average molecular weight is 271 g/mol. The maximum atomic E-state index is 11.9. The maximum absolute atomic E-state index is 11.9. The predicted molar refractivity (Wildman–Crippen MR) is 51.9 cm³/mol. The van der Waals surface area contributed by atoms with E-state index in [9.17, 15) is 23.3 Å². The molecule has 0 N–H and O–H groups in total. The van der Waals surface area contributed by atoms with Crippen molar-refractivity contribution >= 4 is 17.3 Å². The summed E-state index contributed by atoms with van der Waals surface area (Å²) in [5.41, 5.74) is -0.466. The fourth-order valence-corrected chi connectivity index (χ4v) is 1.48. The summed E-state index contributed by atoms with van der Waals surface area (Å²) in [6.45, 7) is 1.31. The Hall–Kier alpha value is -1.57. The first kappa shape index (κ1) is 13.5. The third-order valence-corrected chi connectivity index (χ3v) is 2.10. The van der Waals surface area contributed by atoms with E-state index in [1.807, 2.05) is 0 Å². The summed E-state index contributed by atoms with van der Waals surface area (Å²) < 4.78 is 39.3. The number of halogens is 4. The molecule has 0 spiro atoms. The molecule has 0 amide bonds. The first-order chi connectivity index (χ1) is 7.74. The van der Waals surface area contributed by atoms with Crippen molar-refractivity contribution in [1.82, 2.24) is 4.98 Å². The monoisotopic (exact) mass is 270 g/mol. The molecule has 0 atom stereocenters. The van der Waals surface area contributed by atoms with Crippen molar-refractivity contribution < 1.29 is 22.8 Å². The third-order valence-electron chi connectivity index (χ3n) is 1.83.